The standard InChI is InChI=1S/C20H19BrN2O4S/c1-4-27-14-7-5-13(6-8-14)23-19(25)16(22(2)20(23)28)10-12-9-15(21)18(24)17(11-12)26-3/h5-11,24H,4H2,1-3H3/b16-10-. The average molecular weight is 463 g/mol. The number of phenols is 1. The van der Waals surface area contributed by atoms with Crippen molar-refractivity contribution in [3.05, 3.63) is 52.1 Å². The van der Waals surface area contributed by atoms with Gasteiger partial charge in [-0.05, 0) is 83.1 Å². The van der Waals surface area contributed by atoms with Crippen LogP contribution in [-0.2, 0) is 4.79 Å². The molecule has 1 aliphatic heterocycles. The zero-order valence-corrected chi connectivity index (χ0v) is 18.0. The number of methoxy groups -OCH3 is 1. The van der Waals surface area contributed by atoms with Gasteiger partial charge in [0, 0.05) is 7.05 Å². The Morgan fingerprint density at radius 1 is 1.25 bits per heavy atom. The lowest BCUT2D eigenvalue weighted by Gasteiger charge is -2.16. The molecule has 6 nitrogen and oxygen atoms in total. The van der Waals surface area contributed by atoms with E-state index in [4.69, 9.17) is 21.7 Å². The smallest absolute Gasteiger partial charge is 0.281 e. The summed E-state index contributed by atoms with van der Waals surface area (Å²) < 4.78 is 11.1. The molecule has 2 aromatic carbocycles. The van der Waals surface area contributed by atoms with Crippen LogP contribution in [0, 0.1) is 0 Å². The summed E-state index contributed by atoms with van der Waals surface area (Å²) in [7, 11) is 3.21. The summed E-state index contributed by atoms with van der Waals surface area (Å²) in [6.07, 6.45) is 1.70. The molecule has 2 aromatic rings. The quantitative estimate of drug-likeness (QED) is 0.531. The van der Waals surface area contributed by atoms with Crippen LogP contribution in [0.5, 0.6) is 17.2 Å². The number of amides is 1. The zero-order chi connectivity index (χ0) is 20.4. The van der Waals surface area contributed by atoms with Crippen LogP contribution < -0.4 is 14.4 Å². The molecule has 0 aromatic heterocycles. The fourth-order valence-electron chi connectivity index (χ4n) is 2.83. The van der Waals surface area contributed by atoms with E-state index in [2.05, 4.69) is 15.9 Å². The predicted molar refractivity (Wildman–Crippen MR) is 116 cm³/mol. The van der Waals surface area contributed by atoms with Gasteiger partial charge in [0.15, 0.2) is 16.6 Å². The largest absolute Gasteiger partial charge is 0.503 e. The molecule has 1 saturated heterocycles. The third-order valence-electron chi connectivity index (χ3n) is 4.24. The molecule has 0 atom stereocenters. The Bertz CT molecular complexity index is 959. The Morgan fingerprint density at radius 3 is 2.54 bits per heavy atom. The number of carbonyl (C=O) groups is 1. The van der Waals surface area contributed by atoms with E-state index in [0.29, 0.717) is 38.9 Å². The highest BCUT2D eigenvalue weighted by Crippen LogP contribution is 2.37. The van der Waals surface area contributed by atoms with Gasteiger partial charge in [0.1, 0.15) is 11.4 Å². The number of nitrogens with zero attached hydrogens (tertiary/aromatic N) is 2. The van der Waals surface area contributed by atoms with Crippen molar-refractivity contribution in [3.8, 4) is 17.2 Å². The third kappa shape index (κ3) is 3.70. The summed E-state index contributed by atoms with van der Waals surface area (Å²) in [6.45, 7) is 2.48. The number of hydrogen-bond acceptors (Lipinski definition) is 5. The van der Waals surface area contributed by atoms with Crippen molar-refractivity contribution in [2.75, 3.05) is 25.7 Å². The van der Waals surface area contributed by atoms with Gasteiger partial charge in [-0.15, -0.1) is 0 Å². The van der Waals surface area contributed by atoms with Gasteiger partial charge in [-0.3, -0.25) is 9.69 Å². The van der Waals surface area contributed by atoms with Gasteiger partial charge < -0.3 is 19.5 Å². The molecule has 0 unspecified atom stereocenters. The summed E-state index contributed by atoms with van der Waals surface area (Å²) in [6, 6.07) is 10.6. The minimum atomic E-state index is -0.236. The molecule has 0 saturated carbocycles. The number of hydrogen-bond donors (Lipinski definition) is 1. The van der Waals surface area contributed by atoms with Crippen LogP contribution in [0.1, 0.15) is 12.5 Å². The molecule has 0 spiro atoms. The van der Waals surface area contributed by atoms with Crippen LogP contribution >= 0.6 is 28.1 Å². The molecule has 3 rings (SSSR count). The Hall–Kier alpha value is -2.58. The summed E-state index contributed by atoms with van der Waals surface area (Å²) in [4.78, 5) is 16.2. The van der Waals surface area contributed by atoms with E-state index in [9.17, 15) is 9.90 Å². The van der Waals surface area contributed by atoms with Gasteiger partial charge in [-0.1, -0.05) is 0 Å². The van der Waals surface area contributed by atoms with Crippen LogP contribution in [-0.4, -0.2) is 41.8 Å². The van der Waals surface area contributed by atoms with Crippen molar-refractivity contribution in [1.29, 1.82) is 0 Å². The van der Waals surface area contributed by atoms with Crippen LogP contribution in [0.15, 0.2) is 46.6 Å². The molecule has 0 radical (unpaired) electrons. The minimum absolute atomic E-state index is 0.00212. The molecule has 0 aliphatic carbocycles. The second kappa shape index (κ2) is 8.20. The number of likely N-dealkylation sites (N-methyl/N-ethyl adjacent to an activating group) is 1. The number of halogens is 1. The first-order chi connectivity index (χ1) is 13.4. The third-order valence-corrected chi connectivity index (χ3v) is 5.30. The molecule has 1 fully saturated rings. The number of rotatable bonds is 5. The second-order valence-corrected chi connectivity index (χ2v) is 7.21. The van der Waals surface area contributed by atoms with Gasteiger partial charge in [-0.25, -0.2) is 0 Å². The number of carbonyl (C=O) groups excluding carboxylic acids is 1. The summed E-state index contributed by atoms with van der Waals surface area (Å²) in [5.41, 5.74) is 1.77. The van der Waals surface area contributed by atoms with Crippen LogP contribution in [0.25, 0.3) is 6.08 Å². The Labute approximate surface area is 177 Å². The number of benzene rings is 2. The molecule has 1 N–H and O–H groups in total. The van der Waals surface area contributed by atoms with E-state index in [1.807, 2.05) is 6.92 Å². The van der Waals surface area contributed by atoms with Crippen molar-refractivity contribution < 1.29 is 19.4 Å². The monoisotopic (exact) mass is 462 g/mol. The predicted octanol–water partition coefficient (Wildman–Crippen LogP) is 4.17. The zero-order valence-electron chi connectivity index (χ0n) is 15.6. The maximum atomic E-state index is 13.1. The molecule has 0 bridgehead atoms. The van der Waals surface area contributed by atoms with Crippen molar-refractivity contribution >= 4 is 50.9 Å². The highest BCUT2D eigenvalue weighted by atomic mass is 79.9. The van der Waals surface area contributed by atoms with E-state index >= 15 is 0 Å². The first-order valence-electron chi connectivity index (χ1n) is 8.50. The highest BCUT2D eigenvalue weighted by molar-refractivity contribution is 9.10. The molecular formula is C20H19BrN2O4S. The van der Waals surface area contributed by atoms with Gasteiger partial charge in [0.05, 0.1) is 23.9 Å². The number of anilines is 1. The second-order valence-electron chi connectivity index (χ2n) is 5.99. The first-order valence-corrected chi connectivity index (χ1v) is 9.70. The SMILES string of the molecule is CCOc1ccc(N2C(=O)/C(=C/c3cc(Br)c(O)c(OC)c3)N(C)C2=S)cc1. The van der Waals surface area contributed by atoms with E-state index in [1.165, 1.54) is 12.0 Å². The summed E-state index contributed by atoms with van der Waals surface area (Å²) in [5.74, 6) is 0.802. The van der Waals surface area contributed by atoms with Gasteiger partial charge in [-0.2, -0.15) is 0 Å². The fourth-order valence-corrected chi connectivity index (χ4v) is 3.58. The first kappa shape index (κ1) is 20.2. The number of phenolic OH excluding ortho intramolecular Hbond substituents is 1. The topological polar surface area (TPSA) is 62.2 Å². The summed E-state index contributed by atoms with van der Waals surface area (Å²) in [5, 5.41) is 10.4. The van der Waals surface area contributed by atoms with Crippen LogP contribution in [0.3, 0.4) is 0 Å². The maximum absolute atomic E-state index is 13.1. The summed E-state index contributed by atoms with van der Waals surface area (Å²) >= 11 is 8.77. The molecule has 28 heavy (non-hydrogen) atoms. The fraction of sp³-hybridized carbons (Fsp3) is 0.200. The Kier molecular flexibility index (Phi) is 5.90. The minimum Gasteiger partial charge on any atom is -0.503 e. The average Bonchev–Trinajstić information content (AvgIpc) is 2.89. The van der Waals surface area contributed by atoms with Gasteiger partial charge in [0.25, 0.3) is 5.91 Å². The number of aromatic hydroxyl groups is 1. The van der Waals surface area contributed by atoms with E-state index in [-0.39, 0.29) is 11.7 Å². The van der Waals surface area contributed by atoms with Gasteiger partial charge in [0.2, 0.25) is 0 Å². The molecule has 1 amide bonds. The van der Waals surface area contributed by atoms with E-state index in [1.54, 1.807) is 54.4 Å². The van der Waals surface area contributed by atoms with Crippen molar-refractivity contribution in [3.63, 3.8) is 0 Å². The number of thiocarbonyl (C=S) groups is 1. The molecular weight excluding hydrogens is 444 g/mol. The highest BCUT2D eigenvalue weighted by Gasteiger charge is 2.36. The van der Waals surface area contributed by atoms with E-state index in [0.717, 1.165) is 5.75 Å². The lowest BCUT2D eigenvalue weighted by molar-refractivity contribution is -0.114. The van der Waals surface area contributed by atoms with Crippen molar-refractivity contribution in [1.82, 2.24) is 4.90 Å². The lowest BCUT2D eigenvalue weighted by Crippen LogP contribution is -2.31. The molecule has 1 aliphatic rings. The van der Waals surface area contributed by atoms with Crippen molar-refractivity contribution in [2.45, 2.75) is 6.92 Å². The van der Waals surface area contributed by atoms with Gasteiger partial charge >= 0.3 is 0 Å². The molecule has 146 valence electrons. The maximum Gasteiger partial charge on any atom is 0.281 e. The van der Waals surface area contributed by atoms with Crippen LogP contribution in [0.2, 0.25) is 0 Å². The number of ether oxygens (including phenoxy) is 2. The van der Waals surface area contributed by atoms with Crippen LogP contribution in [0.4, 0.5) is 5.69 Å². The Morgan fingerprint density at radius 2 is 1.93 bits per heavy atom. The lowest BCUT2D eigenvalue weighted by atomic mass is 10.1. The van der Waals surface area contributed by atoms with E-state index < -0.39 is 0 Å². The normalized spacial score (nSPS) is 15.5. The molecule has 8 heteroatoms. The Balaban J connectivity index is 1.96. The van der Waals surface area contributed by atoms with Crippen molar-refractivity contribution in [2.24, 2.45) is 0 Å². The molecule has 1 heterocycles.